The third-order valence-corrected chi connectivity index (χ3v) is 7.76. The van der Waals surface area contributed by atoms with Gasteiger partial charge >= 0.3 is 11.3 Å². The highest BCUT2D eigenvalue weighted by atomic mass is 16.4. The average Bonchev–Trinajstić information content (AvgIpc) is 2.84. The molecule has 3 atom stereocenters. The van der Waals surface area contributed by atoms with E-state index in [9.17, 15) is 19.8 Å². The standard InChI is InChI=1S/C31H30O6/c1-14-7-9-20(10-8-14)23(24-26(32)21-12-15(2)11-17(4)28(21)36-30(24)34)25-27(33)22-13-16(3)18(5)19(6)29(22)37-31(25)35/h7-13,16,18,23,32-33H,1-6H3. The molecule has 3 unspecified atom stereocenters. The first-order valence-corrected chi connectivity index (χ1v) is 12.4. The fourth-order valence-corrected chi connectivity index (χ4v) is 5.41. The molecule has 0 fully saturated rings. The molecule has 2 aromatic heterocycles. The summed E-state index contributed by atoms with van der Waals surface area (Å²) < 4.78 is 11.5. The van der Waals surface area contributed by atoms with Crippen LogP contribution in [0, 0.1) is 32.6 Å². The van der Waals surface area contributed by atoms with Crippen molar-refractivity contribution in [3.05, 3.63) is 101 Å². The molecule has 1 aliphatic rings. The predicted molar refractivity (Wildman–Crippen MR) is 144 cm³/mol. The largest absolute Gasteiger partial charge is 0.507 e. The summed E-state index contributed by atoms with van der Waals surface area (Å²) >= 11 is 0. The van der Waals surface area contributed by atoms with Gasteiger partial charge in [-0.1, -0.05) is 55.8 Å². The Balaban J connectivity index is 1.93. The van der Waals surface area contributed by atoms with Crippen molar-refractivity contribution < 1.29 is 19.0 Å². The van der Waals surface area contributed by atoms with Crippen LogP contribution in [0.25, 0.3) is 22.6 Å². The minimum absolute atomic E-state index is 0.0990. The maximum absolute atomic E-state index is 13.5. The molecule has 0 bridgehead atoms. The second kappa shape index (κ2) is 8.80. The number of rotatable bonds is 3. The summed E-state index contributed by atoms with van der Waals surface area (Å²) in [7, 11) is 0. The lowest BCUT2D eigenvalue weighted by Gasteiger charge is -2.23. The molecule has 2 N–H and O–H groups in total. The summed E-state index contributed by atoms with van der Waals surface area (Å²) in [6, 6.07) is 10.8. The maximum atomic E-state index is 13.5. The Morgan fingerprint density at radius 3 is 2.11 bits per heavy atom. The SMILES string of the molecule is CC1=c2oc(=O)c(C(c3ccc(C)cc3)c3c(O)c4cc(C)cc(C)c4oc3=O)c(O)c2=CC(C)C1C. The van der Waals surface area contributed by atoms with E-state index in [-0.39, 0.29) is 40.0 Å². The Labute approximate surface area is 213 Å². The fourth-order valence-electron chi connectivity index (χ4n) is 5.41. The highest BCUT2D eigenvalue weighted by Gasteiger charge is 2.33. The van der Waals surface area contributed by atoms with E-state index in [1.54, 1.807) is 25.1 Å². The highest BCUT2D eigenvalue weighted by molar-refractivity contribution is 5.87. The lowest BCUT2D eigenvalue weighted by Crippen LogP contribution is -2.39. The van der Waals surface area contributed by atoms with Crippen LogP contribution >= 0.6 is 0 Å². The smallest absolute Gasteiger partial charge is 0.344 e. The molecule has 0 radical (unpaired) electrons. The monoisotopic (exact) mass is 498 g/mol. The third kappa shape index (κ3) is 3.88. The Morgan fingerprint density at radius 1 is 0.811 bits per heavy atom. The van der Waals surface area contributed by atoms with Crippen LogP contribution in [0.3, 0.4) is 0 Å². The Kier molecular flexibility index (Phi) is 5.86. The summed E-state index contributed by atoms with van der Waals surface area (Å²) in [5.41, 5.74) is 2.82. The van der Waals surface area contributed by atoms with Gasteiger partial charge in [0.1, 0.15) is 22.5 Å². The van der Waals surface area contributed by atoms with Gasteiger partial charge in [0.2, 0.25) is 0 Å². The second-order valence-corrected chi connectivity index (χ2v) is 10.3. The van der Waals surface area contributed by atoms with Gasteiger partial charge in [-0.15, -0.1) is 0 Å². The number of benzene rings is 2. The van der Waals surface area contributed by atoms with Crippen molar-refractivity contribution >= 4 is 22.6 Å². The molecule has 0 amide bonds. The van der Waals surface area contributed by atoms with E-state index in [0.717, 1.165) is 16.7 Å². The van der Waals surface area contributed by atoms with Crippen molar-refractivity contribution in [3.63, 3.8) is 0 Å². The Hall–Kier alpha value is -4.06. The summed E-state index contributed by atoms with van der Waals surface area (Å²) in [6.45, 7) is 11.6. The van der Waals surface area contributed by atoms with E-state index < -0.39 is 17.2 Å². The number of fused-ring (bicyclic) bond motifs is 2. The molecule has 190 valence electrons. The first kappa shape index (κ1) is 24.6. The molecular formula is C31H30O6. The molecule has 6 heteroatoms. The molecule has 0 aliphatic heterocycles. The minimum atomic E-state index is -1.12. The molecular weight excluding hydrogens is 468 g/mol. The van der Waals surface area contributed by atoms with Crippen LogP contribution in [0.2, 0.25) is 0 Å². The van der Waals surface area contributed by atoms with Gasteiger partial charge in [0.15, 0.2) is 0 Å². The highest BCUT2D eigenvalue weighted by Crippen LogP contribution is 2.40. The van der Waals surface area contributed by atoms with Gasteiger partial charge in [-0.2, -0.15) is 0 Å². The number of hydrogen-bond donors (Lipinski definition) is 2. The van der Waals surface area contributed by atoms with Crippen molar-refractivity contribution in [3.8, 4) is 11.5 Å². The van der Waals surface area contributed by atoms with Crippen LogP contribution in [0.4, 0.5) is 0 Å². The maximum Gasteiger partial charge on any atom is 0.344 e. The minimum Gasteiger partial charge on any atom is -0.507 e. The van der Waals surface area contributed by atoms with Crippen LogP contribution in [-0.2, 0) is 0 Å². The zero-order valence-corrected chi connectivity index (χ0v) is 21.8. The van der Waals surface area contributed by atoms with E-state index in [1.165, 1.54) is 0 Å². The second-order valence-electron chi connectivity index (χ2n) is 10.3. The van der Waals surface area contributed by atoms with Gasteiger partial charge < -0.3 is 19.0 Å². The summed E-state index contributed by atoms with van der Waals surface area (Å²) in [5.74, 6) is -1.42. The van der Waals surface area contributed by atoms with Crippen molar-refractivity contribution in [1.29, 1.82) is 0 Å². The summed E-state index contributed by atoms with van der Waals surface area (Å²) in [4.78, 5) is 27.0. The number of hydrogen-bond acceptors (Lipinski definition) is 6. The quantitative estimate of drug-likeness (QED) is 0.404. The molecule has 2 aromatic carbocycles. The number of aromatic hydroxyl groups is 2. The summed E-state index contributed by atoms with van der Waals surface area (Å²) in [5, 5.41) is 23.8. The third-order valence-electron chi connectivity index (χ3n) is 7.76. The molecule has 1 aliphatic carbocycles. The molecule has 6 nitrogen and oxygen atoms in total. The van der Waals surface area contributed by atoms with E-state index in [4.69, 9.17) is 8.83 Å². The van der Waals surface area contributed by atoms with Crippen molar-refractivity contribution in [2.24, 2.45) is 11.8 Å². The number of aryl methyl sites for hydroxylation is 3. The predicted octanol–water partition coefficient (Wildman–Crippen LogP) is 4.50. The van der Waals surface area contributed by atoms with Crippen LogP contribution in [0.15, 0.2) is 54.8 Å². The van der Waals surface area contributed by atoms with E-state index in [1.807, 2.05) is 58.9 Å². The first-order chi connectivity index (χ1) is 17.5. The van der Waals surface area contributed by atoms with Crippen molar-refractivity contribution in [2.45, 2.75) is 47.5 Å². The fraction of sp³-hybridized carbons (Fsp3) is 0.290. The Morgan fingerprint density at radius 2 is 1.43 bits per heavy atom. The lowest BCUT2D eigenvalue weighted by molar-refractivity contribution is 0.398. The van der Waals surface area contributed by atoms with Gasteiger partial charge in [-0.25, -0.2) is 9.59 Å². The molecule has 4 aromatic rings. The van der Waals surface area contributed by atoms with Crippen LogP contribution in [0.5, 0.6) is 11.5 Å². The van der Waals surface area contributed by atoms with Crippen LogP contribution in [-0.4, -0.2) is 10.2 Å². The molecule has 0 spiro atoms. The van der Waals surface area contributed by atoms with Gasteiger partial charge in [0.25, 0.3) is 0 Å². The van der Waals surface area contributed by atoms with E-state index >= 15 is 0 Å². The average molecular weight is 499 g/mol. The molecule has 5 rings (SSSR count). The lowest BCUT2D eigenvalue weighted by atomic mass is 9.82. The van der Waals surface area contributed by atoms with Crippen LogP contribution in [0.1, 0.15) is 60.1 Å². The zero-order valence-electron chi connectivity index (χ0n) is 21.8. The molecule has 0 saturated heterocycles. The first-order valence-electron chi connectivity index (χ1n) is 12.4. The Bertz CT molecular complexity index is 1800. The van der Waals surface area contributed by atoms with Gasteiger partial charge in [0, 0.05) is 0 Å². The van der Waals surface area contributed by atoms with Crippen LogP contribution < -0.4 is 21.9 Å². The zero-order chi connectivity index (χ0) is 26.8. The summed E-state index contributed by atoms with van der Waals surface area (Å²) in [6.07, 6.45) is 1.89. The van der Waals surface area contributed by atoms with Gasteiger partial charge in [-0.05, 0) is 67.9 Å². The normalized spacial score (nSPS) is 17.9. The van der Waals surface area contributed by atoms with Gasteiger partial charge in [-0.3, -0.25) is 0 Å². The van der Waals surface area contributed by atoms with E-state index in [2.05, 4.69) is 0 Å². The van der Waals surface area contributed by atoms with Gasteiger partial charge in [0.05, 0.1) is 27.6 Å². The topological polar surface area (TPSA) is 101 Å². The molecule has 2 heterocycles. The van der Waals surface area contributed by atoms with Crippen molar-refractivity contribution in [1.82, 2.24) is 0 Å². The molecule has 0 saturated carbocycles. The van der Waals surface area contributed by atoms with Crippen molar-refractivity contribution in [2.75, 3.05) is 0 Å². The van der Waals surface area contributed by atoms with E-state index in [0.29, 0.717) is 27.1 Å². The molecule has 37 heavy (non-hydrogen) atoms.